The summed E-state index contributed by atoms with van der Waals surface area (Å²) < 4.78 is 0. The molecule has 0 spiro atoms. The molecular formula is C16H15Cl2NO. The molecule has 0 bridgehead atoms. The van der Waals surface area contributed by atoms with Crippen molar-refractivity contribution in [2.45, 2.75) is 13.8 Å². The van der Waals surface area contributed by atoms with E-state index in [9.17, 15) is 4.79 Å². The van der Waals surface area contributed by atoms with Crippen LogP contribution in [-0.2, 0) is 0 Å². The molecule has 0 heterocycles. The lowest BCUT2D eigenvalue weighted by atomic mass is 10.1. The zero-order valence-electron chi connectivity index (χ0n) is 11.4. The van der Waals surface area contributed by atoms with E-state index in [2.05, 4.69) is 0 Å². The summed E-state index contributed by atoms with van der Waals surface area (Å²) in [5, 5.41) is 0.740. The highest BCUT2D eigenvalue weighted by Gasteiger charge is 2.22. The first kappa shape index (κ1) is 14.9. The molecule has 0 N–H and O–H groups in total. The fourth-order valence-electron chi connectivity index (χ4n) is 2.13. The molecule has 0 saturated heterocycles. The predicted molar refractivity (Wildman–Crippen MR) is 85.0 cm³/mol. The van der Waals surface area contributed by atoms with Gasteiger partial charge in [-0.05, 0) is 37.6 Å². The van der Waals surface area contributed by atoms with Gasteiger partial charge in [0.2, 0.25) is 0 Å². The number of hydrogen-bond donors (Lipinski definition) is 0. The number of aryl methyl sites for hydroxylation is 1. The number of nitrogens with zero attached hydrogens (tertiary/aromatic N) is 1. The Morgan fingerprint density at radius 2 is 1.65 bits per heavy atom. The van der Waals surface area contributed by atoms with Crippen LogP contribution in [0.15, 0.2) is 42.5 Å². The van der Waals surface area contributed by atoms with Gasteiger partial charge in [-0.25, -0.2) is 0 Å². The Labute approximate surface area is 128 Å². The molecule has 2 rings (SSSR count). The number of benzene rings is 2. The molecule has 2 nitrogen and oxygen atoms in total. The van der Waals surface area contributed by atoms with E-state index in [1.165, 1.54) is 0 Å². The fraction of sp³-hybridized carbons (Fsp3) is 0.188. The molecule has 20 heavy (non-hydrogen) atoms. The summed E-state index contributed by atoms with van der Waals surface area (Å²) in [7, 11) is 0. The molecule has 0 aliphatic heterocycles. The van der Waals surface area contributed by atoms with E-state index in [1.54, 1.807) is 23.1 Å². The van der Waals surface area contributed by atoms with E-state index in [4.69, 9.17) is 23.2 Å². The zero-order valence-corrected chi connectivity index (χ0v) is 12.9. The summed E-state index contributed by atoms with van der Waals surface area (Å²) in [6, 6.07) is 12.8. The molecule has 0 saturated carbocycles. The van der Waals surface area contributed by atoms with Crippen LogP contribution >= 0.6 is 23.2 Å². The molecule has 0 aromatic heterocycles. The molecule has 0 unspecified atom stereocenters. The highest BCUT2D eigenvalue weighted by molar-refractivity contribution is 6.40. The summed E-state index contributed by atoms with van der Waals surface area (Å²) in [6.07, 6.45) is 0. The van der Waals surface area contributed by atoms with E-state index in [1.807, 2.05) is 38.1 Å². The molecule has 2 aromatic carbocycles. The minimum absolute atomic E-state index is 0.183. The van der Waals surface area contributed by atoms with E-state index < -0.39 is 0 Å². The van der Waals surface area contributed by atoms with Gasteiger partial charge in [0.05, 0.1) is 15.6 Å². The van der Waals surface area contributed by atoms with E-state index in [0.29, 0.717) is 22.2 Å². The van der Waals surface area contributed by atoms with Gasteiger partial charge in [0.15, 0.2) is 0 Å². The van der Waals surface area contributed by atoms with Crippen molar-refractivity contribution in [3.8, 4) is 0 Å². The largest absolute Gasteiger partial charge is 0.308 e. The topological polar surface area (TPSA) is 20.3 Å². The minimum atomic E-state index is -0.183. The lowest BCUT2D eigenvalue weighted by molar-refractivity contribution is 0.0988. The van der Waals surface area contributed by atoms with E-state index in [-0.39, 0.29) is 5.91 Å². The third kappa shape index (κ3) is 2.82. The third-order valence-electron chi connectivity index (χ3n) is 3.14. The van der Waals surface area contributed by atoms with Gasteiger partial charge >= 0.3 is 0 Å². The number of carbonyl (C=O) groups excluding carboxylic acids is 1. The van der Waals surface area contributed by atoms with Crippen LogP contribution in [0.3, 0.4) is 0 Å². The predicted octanol–water partition coefficient (Wildman–Crippen LogP) is 4.97. The van der Waals surface area contributed by atoms with Crippen LogP contribution < -0.4 is 4.90 Å². The van der Waals surface area contributed by atoms with E-state index >= 15 is 0 Å². The number of para-hydroxylation sites is 1. The molecule has 104 valence electrons. The molecule has 0 fully saturated rings. The van der Waals surface area contributed by atoms with Crippen molar-refractivity contribution < 1.29 is 4.79 Å². The number of halogens is 2. The first-order valence-corrected chi connectivity index (χ1v) is 7.13. The molecule has 0 radical (unpaired) electrons. The lowest BCUT2D eigenvalue weighted by Crippen LogP contribution is -2.31. The molecule has 0 aliphatic rings. The van der Waals surface area contributed by atoms with Crippen molar-refractivity contribution in [2.24, 2.45) is 0 Å². The molecule has 0 atom stereocenters. The Morgan fingerprint density at radius 1 is 1.05 bits per heavy atom. The van der Waals surface area contributed by atoms with Crippen molar-refractivity contribution in [3.05, 3.63) is 63.6 Å². The number of hydrogen-bond acceptors (Lipinski definition) is 1. The van der Waals surface area contributed by atoms with Gasteiger partial charge in [-0.15, -0.1) is 0 Å². The van der Waals surface area contributed by atoms with Crippen LogP contribution in [0.5, 0.6) is 0 Å². The third-order valence-corrected chi connectivity index (χ3v) is 3.77. The zero-order chi connectivity index (χ0) is 14.7. The number of carbonyl (C=O) groups is 1. The summed E-state index contributed by atoms with van der Waals surface area (Å²) in [6.45, 7) is 4.44. The maximum Gasteiger partial charge on any atom is 0.261 e. The van der Waals surface area contributed by atoms with Crippen molar-refractivity contribution in [1.29, 1.82) is 0 Å². The average molecular weight is 308 g/mol. The van der Waals surface area contributed by atoms with Crippen LogP contribution in [-0.4, -0.2) is 12.5 Å². The van der Waals surface area contributed by atoms with Crippen LogP contribution in [0.25, 0.3) is 0 Å². The molecule has 2 aromatic rings. The van der Waals surface area contributed by atoms with Crippen molar-refractivity contribution in [3.63, 3.8) is 0 Å². The van der Waals surface area contributed by atoms with Crippen LogP contribution in [0.1, 0.15) is 22.8 Å². The number of anilines is 1. The monoisotopic (exact) mass is 307 g/mol. The highest BCUT2D eigenvalue weighted by atomic mass is 35.5. The Balaban J connectivity index is 2.48. The molecular weight excluding hydrogens is 293 g/mol. The highest BCUT2D eigenvalue weighted by Crippen LogP contribution is 2.28. The standard InChI is InChI=1S/C16H15Cl2NO/c1-3-19(14-10-5-4-7-11(14)2)16(20)15-12(17)8-6-9-13(15)18/h4-10H,3H2,1-2H3. The SMILES string of the molecule is CCN(C(=O)c1c(Cl)cccc1Cl)c1ccccc1C. The summed E-state index contributed by atoms with van der Waals surface area (Å²) in [5.41, 5.74) is 2.25. The smallest absolute Gasteiger partial charge is 0.261 e. The Kier molecular flexibility index (Phi) is 4.69. The van der Waals surface area contributed by atoms with Gasteiger partial charge in [-0.1, -0.05) is 47.5 Å². The lowest BCUT2D eigenvalue weighted by Gasteiger charge is -2.23. The Hall–Kier alpha value is -1.51. The Bertz CT molecular complexity index is 620. The van der Waals surface area contributed by atoms with Gasteiger partial charge in [-0.2, -0.15) is 0 Å². The quantitative estimate of drug-likeness (QED) is 0.784. The average Bonchev–Trinajstić information content (AvgIpc) is 2.41. The maximum atomic E-state index is 12.7. The van der Waals surface area contributed by atoms with Gasteiger partial charge in [0.1, 0.15) is 0 Å². The first-order valence-electron chi connectivity index (χ1n) is 6.37. The van der Waals surface area contributed by atoms with Gasteiger partial charge in [-0.3, -0.25) is 4.79 Å². The second-order valence-corrected chi connectivity index (χ2v) is 5.25. The van der Waals surface area contributed by atoms with Crippen molar-refractivity contribution in [1.82, 2.24) is 0 Å². The molecule has 4 heteroatoms. The van der Waals surface area contributed by atoms with Crippen LogP contribution in [0, 0.1) is 6.92 Å². The first-order chi connectivity index (χ1) is 9.56. The second kappa shape index (κ2) is 6.29. The molecule has 1 amide bonds. The number of rotatable bonds is 3. The van der Waals surface area contributed by atoms with E-state index in [0.717, 1.165) is 11.3 Å². The Morgan fingerprint density at radius 3 is 2.20 bits per heavy atom. The number of amides is 1. The summed E-state index contributed by atoms with van der Waals surface area (Å²) >= 11 is 12.2. The second-order valence-electron chi connectivity index (χ2n) is 4.43. The van der Waals surface area contributed by atoms with Crippen LogP contribution in [0.4, 0.5) is 5.69 Å². The normalized spacial score (nSPS) is 10.4. The maximum absolute atomic E-state index is 12.7. The van der Waals surface area contributed by atoms with Gasteiger partial charge < -0.3 is 4.90 Å². The van der Waals surface area contributed by atoms with Crippen molar-refractivity contribution >= 4 is 34.8 Å². The summed E-state index contributed by atoms with van der Waals surface area (Å²) in [5.74, 6) is -0.183. The minimum Gasteiger partial charge on any atom is -0.308 e. The van der Waals surface area contributed by atoms with Crippen LogP contribution in [0.2, 0.25) is 10.0 Å². The fourth-order valence-corrected chi connectivity index (χ4v) is 2.69. The van der Waals surface area contributed by atoms with Gasteiger partial charge in [0.25, 0.3) is 5.91 Å². The summed E-state index contributed by atoms with van der Waals surface area (Å²) in [4.78, 5) is 14.4. The molecule has 0 aliphatic carbocycles. The van der Waals surface area contributed by atoms with Gasteiger partial charge in [0, 0.05) is 12.2 Å². The van der Waals surface area contributed by atoms with Crippen molar-refractivity contribution in [2.75, 3.05) is 11.4 Å².